The zero-order valence-corrected chi connectivity index (χ0v) is 15.6. The third kappa shape index (κ3) is 3.63. The van der Waals surface area contributed by atoms with E-state index >= 15 is 0 Å². The number of carbonyl (C=O) groups is 1. The van der Waals surface area contributed by atoms with Crippen LogP contribution in [-0.4, -0.2) is 30.5 Å². The molecule has 0 aliphatic rings. The van der Waals surface area contributed by atoms with Crippen LogP contribution in [0.4, 0.5) is 5.95 Å². The molecule has 3 aromatic rings. The van der Waals surface area contributed by atoms with Crippen LogP contribution in [0.5, 0.6) is 0 Å². The van der Waals surface area contributed by atoms with Gasteiger partial charge in [-0.1, -0.05) is 40.9 Å². The Kier molecular flexibility index (Phi) is 4.99. The molecule has 0 radical (unpaired) electrons. The molecule has 0 unspecified atom stereocenters. The van der Waals surface area contributed by atoms with Crippen molar-refractivity contribution in [3.05, 3.63) is 56.5 Å². The maximum absolute atomic E-state index is 12.4. The van der Waals surface area contributed by atoms with Gasteiger partial charge < -0.3 is 0 Å². The van der Waals surface area contributed by atoms with E-state index in [1.807, 2.05) is 0 Å². The number of nitrogens with one attached hydrogen (secondary N) is 1. The number of hydrogen-bond acceptors (Lipinski definition) is 4. The third-order valence-corrected chi connectivity index (χ3v) is 4.67. The minimum atomic E-state index is -0.443. The van der Waals surface area contributed by atoms with Gasteiger partial charge in [-0.15, -0.1) is 5.10 Å². The van der Waals surface area contributed by atoms with E-state index in [1.165, 1.54) is 15.7 Å². The van der Waals surface area contributed by atoms with Gasteiger partial charge in [0.2, 0.25) is 5.95 Å². The molecule has 130 valence electrons. The first kappa shape index (κ1) is 17.7. The van der Waals surface area contributed by atoms with E-state index in [0.29, 0.717) is 27.3 Å². The second-order valence-corrected chi connectivity index (χ2v) is 6.48. The van der Waals surface area contributed by atoms with Crippen LogP contribution in [0.3, 0.4) is 0 Å². The molecule has 3 rings (SSSR count). The average Bonchev–Trinajstić information content (AvgIpc) is 3.08. The van der Waals surface area contributed by atoms with Gasteiger partial charge in [0.1, 0.15) is 12.0 Å². The van der Waals surface area contributed by atoms with Crippen molar-refractivity contribution in [3.8, 4) is 0 Å². The predicted octanol–water partition coefficient (Wildman–Crippen LogP) is 3.58. The molecule has 25 heavy (non-hydrogen) atoms. The number of anilines is 1. The zero-order valence-electron chi connectivity index (χ0n) is 13.3. The number of nitrogens with zero attached hydrogens (tertiary/aromatic N) is 5. The molecule has 0 saturated heterocycles. The van der Waals surface area contributed by atoms with Crippen LogP contribution in [0, 0.1) is 6.92 Å². The fraction of sp³-hybridized carbons (Fsp3) is 0.200. The van der Waals surface area contributed by atoms with Gasteiger partial charge >= 0.3 is 0 Å². The Morgan fingerprint density at radius 3 is 2.48 bits per heavy atom. The number of carbonyl (C=O) groups excluding carboxylic acids is 1. The van der Waals surface area contributed by atoms with E-state index in [-0.39, 0.29) is 11.6 Å². The van der Waals surface area contributed by atoms with Crippen molar-refractivity contribution in [3.63, 3.8) is 0 Å². The molecule has 10 heteroatoms. The second-order valence-electron chi connectivity index (χ2n) is 5.29. The maximum atomic E-state index is 12.4. The van der Waals surface area contributed by atoms with Crippen LogP contribution in [0.15, 0.2) is 24.5 Å². The Morgan fingerprint density at radius 2 is 1.88 bits per heavy atom. The summed E-state index contributed by atoms with van der Waals surface area (Å²) in [7, 11) is 1.64. The van der Waals surface area contributed by atoms with Crippen molar-refractivity contribution >= 4 is 46.7 Å². The highest BCUT2D eigenvalue weighted by molar-refractivity contribution is 6.36. The zero-order chi connectivity index (χ0) is 18.1. The molecule has 0 saturated carbocycles. The van der Waals surface area contributed by atoms with Crippen molar-refractivity contribution in [1.82, 2.24) is 24.5 Å². The lowest BCUT2D eigenvalue weighted by Gasteiger charge is -2.06. The highest BCUT2D eigenvalue weighted by Gasteiger charge is 2.20. The lowest BCUT2D eigenvalue weighted by Crippen LogP contribution is -2.17. The van der Waals surface area contributed by atoms with Crippen LogP contribution >= 0.6 is 34.8 Å². The lowest BCUT2D eigenvalue weighted by atomic mass is 10.2. The highest BCUT2D eigenvalue weighted by Crippen LogP contribution is 2.25. The van der Waals surface area contributed by atoms with Crippen LogP contribution < -0.4 is 5.32 Å². The highest BCUT2D eigenvalue weighted by atomic mass is 35.5. The predicted molar refractivity (Wildman–Crippen MR) is 96.5 cm³/mol. The topological polar surface area (TPSA) is 77.6 Å². The Morgan fingerprint density at radius 1 is 1.20 bits per heavy atom. The molecule has 0 atom stereocenters. The molecule has 0 fully saturated rings. The molecule has 2 heterocycles. The minimum absolute atomic E-state index is 0.142. The van der Waals surface area contributed by atoms with Gasteiger partial charge in [0.15, 0.2) is 0 Å². The van der Waals surface area contributed by atoms with Crippen molar-refractivity contribution < 1.29 is 4.79 Å². The van der Waals surface area contributed by atoms with Gasteiger partial charge in [0.25, 0.3) is 5.91 Å². The molecule has 1 N–H and O–H groups in total. The van der Waals surface area contributed by atoms with Gasteiger partial charge in [-0.3, -0.25) is 14.8 Å². The number of amides is 1. The van der Waals surface area contributed by atoms with Crippen molar-refractivity contribution in [2.24, 2.45) is 7.05 Å². The molecule has 0 aliphatic carbocycles. The van der Waals surface area contributed by atoms with Gasteiger partial charge in [-0.2, -0.15) is 5.10 Å². The summed E-state index contributed by atoms with van der Waals surface area (Å²) in [6.07, 6.45) is 1.48. The van der Waals surface area contributed by atoms with E-state index < -0.39 is 5.91 Å². The summed E-state index contributed by atoms with van der Waals surface area (Å²) in [5.41, 5.74) is 1.53. The molecule has 0 spiro atoms. The summed E-state index contributed by atoms with van der Waals surface area (Å²) in [6.45, 7) is 2.05. The summed E-state index contributed by atoms with van der Waals surface area (Å²) in [6, 6.07) is 5.25. The van der Waals surface area contributed by atoms with Crippen LogP contribution in [0.1, 0.15) is 21.7 Å². The molecule has 1 amide bonds. The summed E-state index contributed by atoms with van der Waals surface area (Å²) in [5.74, 6) is -0.301. The smallest absolute Gasteiger partial charge is 0.277 e. The first-order valence-corrected chi connectivity index (χ1v) is 8.33. The van der Waals surface area contributed by atoms with Crippen LogP contribution in [-0.2, 0) is 13.6 Å². The molecule has 7 nitrogen and oxygen atoms in total. The monoisotopic (exact) mass is 398 g/mol. The maximum Gasteiger partial charge on any atom is 0.277 e. The van der Waals surface area contributed by atoms with Gasteiger partial charge in [-0.25, -0.2) is 9.67 Å². The molecule has 2 aromatic heterocycles. The fourth-order valence-corrected chi connectivity index (χ4v) is 3.08. The summed E-state index contributed by atoms with van der Waals surface area (Å²) >= 11 is 18.4. The molecule has 0 bridgehead atoms. The number of rotatable bonds is 4. The Balaban J connectivity index is 1.77. The van der Waals surface area contributed by atoms with Gasteiger partial charge in [0, 0.05) is 22.7 Å². The number of aryl methyl sites for hydroxylation is 2. The molecular formula is C15H13Cl3N6O. The van der Waals surface area contributed by atoms with E-state index in [4.69, 9.17) is 34.8 Å². The van der Waals surface area contributed by atoms with Crippen molar-refractivity contribution in [2.45, 2.75) is 13.5 Å². The van der Waals surface area contributed by atoms with Gasteiger partial charge in [0.05, 0.1) is 17.3 Å². The Hall–Kier alpha value is -2.09. The standard InChI is InChI=1S/C15H13Cl3N6O/c1-8-12(18)13(23(2)21-8)14(25)20-15-19-7-24(22-15)6-9-10(16)4-3-5-11(9)17/h3-5,7H,6H2,1-2H3,(H,20,22,25). The SMILES string of the molecule is Cc1nn(C)c(C(=O)Nc2ncn(Cc3c(Cl)cccc3Cl)n2)c1Cl. The molecular weight excluding hydrogens is 387 g/mol. The second kappa shape index (κ2) is 7.03. The van der Waals surface area contributed by atoms with E-state index in [0.717, 1.165) is 5.56 Å². The number of aromatic nitrogens is 5. The molecule has 1 aromatic carbocycles. The number of halogens is 3. The normalized spacial score (nSPS) is 10.9. The average molecular weight is 400 g/mol. The van der Waals surface area contributed by atoms with Crippen molar-refractivity contribution in [2.75, 3.05) is 5.32 Å². The summed E-state index contributed by atoms with van der Waals surface area (Å²) in [4.78, 5) is 16.4. The number of hydrogen-bond donors (Lipinski definition) is 1. The van der Waals surface area contributed by atoms with Crippen molar-refractivity contribution in [1.29, 1.82) is 0 Å². The quantitative estimate of drug-likeness (QED) is 0.727. The first-order valence-electron chi connectivity index (χ1n) is 7.19. The third-order valence-electron chi connectivity index (χ3n) is 3.51. The van der Waals surface area contributed by atoms with Gasteiger partial charge in [-0.05, 0) is 19.1 Å². The van der Waals surface area contributed by atoms with Crippen LogP contribution in [0.25, 0.3) is 0 Å². The fourth-order valence-electron chi connectivity index (χ4n) is 2.31. The number of benzene rings is 1. The summed E-state index contributed by atoms with van der Waals surface area (Å²) in [5, 5.41) is 12.3. The largest absolute Gasteiger partial charge is 0.288 e. The molecule has 0 aliphatic heterocycles. The lowest BCUT2D eigenvalue weighted by molar-refractivity contribution is 0.101. The van der Waals surface area contributed by atoms with Crippen LogP contribution in [0.2, 0.25) is 15.1 Å². The Labute approximate surface area is 158 Å². The van der Waals surface area contributed by atoms with E-state index in [1.54, 1.807) is 32.2 Å². The summed E-state index contributed by atoms with van der Waals surface area (Å²) < 4.78 is 2.94. The van der Waals surface area contributed by atoms with E-state index in [2.05, 4.69) is 20.5 Å². The van der Waals surface area contributed by atoms with E-state index in [9.17, 15) is 4.79 Å². The first-order chi connectivity index (χ1) is 11.9. The minimum Gasteiger partial charge on any atom is -0.288 e. The Bertz CT molecular complexity index is 929.